The maximum absolute atomic E-state index is 11.1. The van der Waals surface area contributed by atoms with E-state index in [4.69, 9.17) is 0 Å². The molecular formula is C19H24N2O. The first-order valence-electron chi connectivity index (χ1n) is 8.51. The summed E-state index contributed by atoms with van der Waals surface area (Å²) < 4.78 is 0. The van der Waals surface area contributed by atoms with E-state index >= 15 is 0 Å². The Morgan fingerprint density at radius 2 is 1.73 bits per heavy atom. The van der Waals surface area contributed by atoms with Crippen LogP contribution in [0, 0.1) is 0 Å². The summed E-state index contributed by atoms with van der Waals surface area (Å²) in [6.45, 7) is 2.60. The smallest absolute Gasteiger partial charge is 0.221 e. The predicted molar refractivity (Wildman–Crippen MR) is 88.6 cm³/mol. The summed E-state index contributed by atoms with van der Waals surface area (Å²) in [5.41, 5.74) is 5.81. The van der Waals surface area contributed by atoms with Crippen LogP contribution in [-0.4, -0.2) is 22.9 Å². The lowest BCUT2D eigenvalue weighted by Crippen LogP contribution is -2.39. The Morgan fingerprint density at radius 1 is 1.09 bits per heavy atom. The molecule has 2 heterocycles. The first-order valence-corrected chi connectivity index (χ1v) is 8.51. The molecule has 0 radical (unpaired) electrons. The van der Waals surface area contributed by atoms with Crippen molar-refractivity contribution in [3.05, 3.63) is 41.0 Å². The summed E-state index contributed by atoms with van der Waals surface area (Å²) in [7, 11) is 0. The van der Waals surface area contributed by atoms with Gasteiger partial charge in [-0.25, -0.2) is 0 Å². The van der Waals surface area contributed by atoms with Gasteiger partial charge in [-0.15, -0.1) is 0 Å². The fraction of sp³-hybridized carbons (Fsp3) is 0.526. The molecule has 1 N–H and O–H groups in total. The van der Waals surface area contributed by atoms with E-state index in [-0.39, 0.29) is 5.91 Å². The summed E-state index contributed by atoms with van der Waals surface area (Å²) in [6, 6.07) is 9.85. The third-order valence-electron chi connectivity index (χ3n) is 5.37. The second-order valence-corrected chi connectivity index (χ2v) is 7.05. The Hall–Kier alpha value is -1.61. The van der Waals surface area contributed by atoms with Gasteiger partial charge in [-0.2, -0.15) is 0 Å². The lowest BCUT2D eigenvalue weighted by molar-refractivity contribution is -0.114. The summed E-state index contributed by atoms with van der Waals surface area (Å²) in [5, 5.41) is 2.83. The highest BCUT2D eigenvalue weighted by Gasteiger charge is 2.39. The van der Waals surface area contributed by atoms with Crippen LogP contribution in [0.5, 0.6) is 0 Å². The molecular weight excluding hydrogens is 272 g/mol. The second kappa shape index (κ2) is 5.54. The van der Waals surface area contributed by atoms with Crippen molar-refractivity contribution in [3.8, 4) is 0 Å². The van der Waals surface area contributed by atoms with E-state index in [1.165, 1.54) is 44.1 Å². The molecule has 2 atom stereocenters. The van der Waals surface area contributed by atoms with Crippen molar-refractivity contribution in [1.29, 1.82) is 0 Å². The number of rotatable bonds is 3. The van der Waals surface area contributed by atoms with E-state index in [2.05, 4.69) is 22.3 Å². The van der Waals surface area contributed by atoms with Gasteiger partial charge in [0, 0.05) is 31.2 Å². The molecule has 2 saturated heterocycles. The fourth-order valence-electron chi connectivity index (χ4n) is 4.18. The molecule has 1 saturated carbocycles. The number of nitrogens with zero attached hydrogens (tertiary/aromatic N) is 1. The number of piperidine rings is 1. The lowest BCUT2D eigenvalue weighted by Gasteiger charge is -2.36. The summed E-state index contributed by atoms with van der Waals surface area (Å²) in [5.74, 6) is -0.0116. The zero-order chi connectivity index (χ0) is 15.1. The van der Waals surface area contributed by atoms with Gasteiger partial charge in [0.15, 0.2) is 0 Å². The Balaban J connectivity index is 1.43. The molecule has 0 spiro atoms. The number of amides is 1. The largest absolute Gasteiger partial charge is 0.326 e. The highest BCUT2D eigenvalue weighted by Crippen LogP contribution is 2.45. The van der Waals surface area contributed by atoms with Crippen LogP contribution in [0.2, 0.25) is 0 Å². The van der Waals surface area contributed by atoms with E-state index < -0.39 is 0 Å². The molecule has 116 valence electrons. The van der Waals surface area contributed by atoms with E-state index in [9.17, 15) is 4.79 Å². The Kier molecular flexibility index (Phi) is 3.53. The van der Waals surface area contributed by atoms with Gasteiger partial charge >= 0.3 is 0 Å². The van der Waals surface area contributed by atoms with E-state index in [0.717, 1.165) is 24.3 Å². The molecule has 1 aliphatic carbocycles. The van der Waals surface area contributed by atoms with Crippen LogP contribution in [0.4, 0.5) is 5.69 Å². The van der Waals surface area contributed by atoms with Gasteiger partial charge in [-0.05, 0) is 56.2 Å². The van der Waals surface area contributed by atoms with Crippen LogP contribution in [0.15, 0.2) is 35.4 Å². The summed E-state index contributed by atoms with van der Waals surface area (Å²) in [4.78, 5) is 13.8. The Bertz CT molecular complexity index is 595. The number of nitrogens with one attached hydrogen (secondary N) is 1. The average Bonchev–Trinajstić information content (AvgIpc) is 3.29. The van der Waals surface area contributed by atoms with Crippen molar-refractivity contribution < 1.29 is 4.79 Å². The molecule has 4 rings (SSSR count). The molecule has 3 nitrogen and oxygen atoms in total. The van der Waals surface area contributed by atoms with Crippen LogP contribution in [0.1, 0.15) is 51.0 Å². The molecule has 3 aliphatic rings. The minimum absolute atomic E-state index is 0.0116. The maximum atomic E-state index is 11.1. The fourth-order valence-corrected chi connectivity index (χ4v) is 4.18. The molecule has 1 amide bonds. The zero-order valence-electron chi connectivity index (χ0n) is 13.3. The number of allylic oxidation sites excluding steroid dienone is 1. The van der Waals surface area contributed by atoms with Crippen LogP contribution < -0.4 is 5.32 Å². The summed E-state index contributed by atoms with van der Waals surface area (Å²) in [6.07, 6.45) is 8.11. The van der Waals surface area contributed by atoms with Crippen molar-refractivity contribution in [2.24, 2.45) is 0 Å². The first kappa shape index (κ1) is 14.0. The van der Waals surface area contributed by atoms with Crippen molar-refractivity contribution in [3.63, 3.8) is 0 Å². The number of carbonyl (C=O) groups is 1. The average molecular weight is 296 g/mol. The highest BCUT2D eigenvalue weighted by molar-refractivity contribution is 5.88. The number of carbonyl (C=O) groups excluding carboxylic acids is 1. The van der Waals surface area contributed by atoms with Gasteiger partial charge in [0.25, 0.3) is 0 Å². The van der Waals surface area contributed by atoms with Crippen molar-refractivity contribution in [2.75, 3.05) is 5.32 Å². The third-order valence-corrected chi connectivity index (χ3v) is 5.37. The molecule has 3 heteroatoms. The number of anilines is 1. The van der Waals surface area contributed by atoms with Crippen LogP contribution >= 0.6 is 0 Å². The van der Waals surface area contributed by atoms with Crippen molar-refractivity contribution in [2.45, 2.75) is 64.1 Å². The van der Waals surface area contributed by atoms with Crippen LogP contribution in [-0.2, 0) is 11.3 Å². The molecule has 3 fully saturated rings. The molecule has 1 aromatic carbocycles. The minimum Gasteiger partial charge on any atom is -0.326 e. The first-order chi connectivity index (χ1) is 10.7. The Labute approximate surface area is 132 Å². The maximum Gasteiger partial charge on any atom is 0.221 e. The zero-order valence-corrected chi connectivity index (χ0v) is 13.3. The van der Waals surface area contributed by atoms with E-state index in [1.54, 1.807) is 18.1 Å². The minimum atomic E-state index is -0.0116. The monoisotopic (exact) mass is 296 g/mol. The predicted octanol–water partition coefficient (Wildman–Crippen LogP) is 3.86. The molecule has 2 bridgehead atoms. The molecule has 1 aromatic rings. The topological polar surface area (TPSA) is 32.3 Å². The number of benzene rings is 1. The van der Waals surface area contributed by atoms with Gasteiger partial charge in [0.2, 0.25) is 5.91 Å². The van der Waals surface area contributed by atoms with Crippen molar-refractivity contribution >= 4 is 11.6 Å². The standard InChI is InChI=1S/C19H24N2O/c1-13(22)20-17-6-2-14(3-7-17)12-21-18-8-9-19(21)11-16(10-18)15-4-5-15/h2-3,6-7,18-19H,4-5,8-12H2,1H3,(H,20,22). The van der Waals surface area contributed by atoms with Gasteiger partial charge in [-0.3, -0.25) is 9.69 Å². The third kappa shape index (κ3) is 2.82. The number of fused-ring (bicyclic) bond motifs is 2. The van der Waals surface area contributed by atoms with E-state index in [0.29, 0.717) is 0 Å². The molecule has 0 aromatic heterocycles. The van der Waals surface area contributed by atoms with Gasteiger partial charge < -0.3 is 5.32 Å². The van der Waals surface area contributed by atoms with E-state index in [1.807, 2.05) is 12.1 Å². The molecule has 2 aliphatic heterocycles. The molecule has 22 heavy (non-hydrogen) atoms. The van der Waals surface area contributed by atoms with Crippen LogP contribution in [0.25, 0.3) is 0 Å². The highest BCUT2D eigenvalue weighted by atomic mass is 16.1. The molecule has 2 unspecified atom stereocenters. The summed E-state index contributed by atoms with van der Waals surface area (Å²) >= 11 is 0. The number of hydrogen-bond donors (Lipinski definition) is 1. The SMILES string of the molecule is CC(=O)Nc1ccc(CN2C3CCC2CC(=C2CC2)C3)cc1. The van der Waals surface area contributed by atoms with Crippen LogP contribution in [0.3, 0.4) is 0 Å². The number of hydrogen-bond acceptors (Lipinski definition) is 2. The van der Waals surface area contributed by atoms with Crippen molar-refractivity contribution in [1.82, 2.24) is 4.90 Å². The van der Waals surface area contributed by atoms with Gasteiger partial charge in [0.1, 0.15) is 0 Å². The van der Waals surface area contributed by atoms with Gasteiger partial charge in [0.05, 0.1) is 0 Å². The lowest BCUT2D eigenvalue weighted by atomic mass is 9.95. The Morgan fingerprint density at radius 3 is 2.27 bits per heavy atom. The second-order valence-electron chi connectivity index (χ2n) is 7.05. The van der Waals surface area contributed by atoms with Gasteiger partial charge in [-0.1, -0.05) is 23.3 Å². The normalized spacial score (nSPS) is 27.1. The quantitative estimate of drug-likeness (QED) is 0.859.